The van der Waals surface area contributed by atoms with Gasteiger partial charge >= 0.3 is 0 Å². The molecule has 30 heavy (non-hydrogen) atoms. The summed E-state index contributed by atoms with van der Waals surface area (Å²) in [4.78, 5) is 8.88. The molecular formula is C18H21Cl2N5O3S2. The van der Waals surface area contributed by atoms with Crippen molar-refractivity contribution in [3.63, 3.8) is 0 Å². The normalized spacial score (nSPS) is 13.3. The molecule has 1 atom stereocenters. The van der Waals surface area contributed by atoms with Crippen LogP contribution in [0, 0.1) is 6.92 Å². The van der Waals surface area contributed by atoms with Crippen molar-refractivity contribution in [2.75, 3.05) is 25.6 Å². The topological polar surface area (TPSA) is 111 Å². The summed E-state index contributed by atoms with van der Waals surface area (Å²) >= 11 is 12.5. The Balaban J connectivity index is 2.13. The standard InChI is InChI=1S/C18H21Cl2N5O3S2/c1-11-14(9-21)17(13-5-4-12(19)8-15(13)20)25-10-16(23-18(25)22-11)29(26)24(2)6-7-30(3,27)28/h4-5,8,10H,6-7,9,21H2,1-3H3. The van der Waals surface area contributed by atoms with Crippen LogP contribution in [-0.2, 0) is 27.4 Å². The van der Waals surface area contributed by atoms with Crippen LogP contribution in [0.4, 0.5) is 0 Å². The Bertz CT molecular complexity index is 1240. The fourth-order valence-electron chi connectivity index (χ4n) is 2.97. The van der Waals surface area contributed by atoms with Crippen molar-refractivity contribution in [3.05, 3.63) is 45.7 Å². The van der Waals surface area contributed by atoms with Crippen molar-refractivity contribution in [2.24, 2.45) is 5.73 Å². The van der Waals surface area contributed by atoms with Gasteiger partial charge in [-0.3, -0.25) is 4.40 Å². The molecule has 2 aromatic heterocycles. The number of imidazole rings is 1. The average molecular weight is 490 g/mol. The van der Waals surface area contributed by atoms with Crippen molar-refractivity contribution in [1.82, 2.24) is 18.7 Å². The van der Waals surface area contributed by atoms with Crippen molar-refractivity contribution in [2.45, 2.75) is 18.5 Å². The zero-order valence-electron chi connectivity index (χ0n) is 16.6. The molecule has 0 aliphatic heterocycles. The van der Waals surface area contributed by atoms with Crippen LogP contribution in [0.25, 0.3) is 17.0 Å². The monoisotopic (exact) mass is 489 g/mol. The Morgan fingerprint density at radius 1 is 1.27 bits per heavy atom. The van der Waals surface area contributed by atoms with Crippen molar-refractivity contribution in [1.29, 1.82) is 0 Å². The Kier molecular flexibility index (Phi) is 6.85. The lowest BCUT2D eigenvalue weighted by molar-refractivity contribution is 0.537. The zero-order chi connectivity index (χ0) is 22.2. The van der Waals surface area contributed by atoms with Crippen LogP contribution < -0.4 is 5.73 Å². The third-order valence-electron chi connectivity index (χ3n) is 4.53. The van der Waals surface area contributed by atoms with E-state index in [1.807, 2.05) is 6.92 Å². The van der Waals surface area contributed by atoms with E-state index in [1.54, 1.807) is 35.8 Å². The summed E-state index contributed by atoms with van der Waals surface area (Å²) < 4.78 is 38.8. The molecule has 0 radical (unpaired) electrons. The second kappa shape index (κ2) is 8.89. The molecule has 1 aromatic carbocycles. The highest BCUT2D eigenvalue weighted by Crippen LogP contribution is 2.34. The third-order valence-corrected chi connectivity index (χ3v) is 7.30. The molecule has 0 aliphatic rings. The number of aryl methyl sites for hydroxylation is 1. The summed E-state index contributed by atoms with van der Waals surface area (Å²) in [5.74, 6) is 0.230. The SMILES string of the molecule is Cc1nc2nc(S(=O)N(C)CCS(C)(=O)=O)cn2c(-c2ccc(Cl)cc2Cl)c1CN. The number of hydrogen-bond acceptors (Lipinski definition) is 6. The Morgan fingerprint density at radius 2 is 1.97 bits per heavy atom. The molecule has 0 spiro atoms. The number of nitrogens with zero attached hydrogens (tertiary/aromatic N) is 4. The molecule has 0 saturated carbocycles. The van der Waals surface area contributed by atoms with Crippen molar-refractivity contribution in [3.8, 4) is 11.3 Å². The van der Waals surface area contributed by atoms with Gasteiger partial charge in [0.25, 0.3) is 0 Å². The minimum absolute atomic E-state index is 0.107. The van der Waals surface area contributed by atoms with E-state index in [0.717, 1.165) is 11.8 Å². The number of halogens is 2. The van der Waals surface area contributed by atoms with Crippen LogP contribution in [0.2, 0.25) is 10.0 Å². The maximum absolute atomic E-state index is 12.9. The van der Waals surface area contributed by atoms with Crippen LogP contribution in [0.15, 0.2) is 29.4 Å². The Hall–Kier alpha value is -1.56. The molecule has 0 bridgehead atoms. The Morgan fingerprint density at radius 3 is 2.57 bits per heavy atom. The molecule has 0 fully saturated rings. The Labute approximate surface area is 187 Å². The first kappa shape index (κ1) is 23.1. The molecule has 2 N–H and O–H groups in total. The minimum atomic E-state index is -3.18. The number of fused-ring (bicyclic) bond motifs is 1. The van der Waals surface area contributed by atoms with Gasteiger partial charge in [0.05, 0.1) is 16.5 Å². The van der Waals surface area contributed by atoms with Gasteiger partial charge in [0.1, 0.15) is 20.8 Å². The van der Waals surface area contributed by atoms with Crippen molar-refractivity contribution < 1.29 is 12.6 Å². The van der Waals surface area contributed by atoms with Crippen LogP contribution in [-0.4, -0.2) is 56.9 Å². The molecule has 8 nitrogen and oxygen atoms in total. The minimum Gasteiger partial charge on any atom is -0.326 e. The van der Waals surface area contributed by atoms with Crippen LogP contribution in [0.5, 0.6) is 0 Å². The van der Waals surface area contributed by atoms with Gasteiger partial charge in [-0.1, -0.05) is 23.2 Å². The average Bonchev–Trinajstić information content (AvgIpc) is 3.07. The number of sulfone groups is 1. The van der Waals surface area contributed by atoms with Gasteiger partial charge in [-0.05, 0) is 25.1 Å². The lowest BCUT2D eigenvalue weighted by Gasteiger charge is -2.14. The number of nitrogens with two attached hydrogens (primary N) is 1. The molecule has 0 saturated heterocycles. The largest absolute Gasteiger partial charge is 0.326 e. The van der Waals surface area contributed by atoms with Crippen molar-refractivity contribution >= 4 is 49.8 Å². The predicted octanol–water partition coefficient (Wildman–Crippen LogP) is 2.47. The second-order valence-corrected chi connectivity index (χ2v) is 11.5. The second-order valence-electron chi connectivity index (χ2n) is 6.83. The first-order valence-corrected chi connectivity index (χ1v) is 12.8. The first-order valence-electron chi connectivity index (χ1n) is 8.86. The highest BCUT2D eigenvalue weighted by molar-refractivity contribution is 7.90. The van der Waals surface area contributed by atoms with Gasteiger partial charge in [0, 0.05) is 54.4 Å². The number of hydrogen-bond donors (Lipinski definition) is 1. The lowest BCUT2D eigenvalue weighted by Crippen LogP contribution is -2.27. The molecule has 2 heterocycles. The summed E-state index contributed by atoms with van der Waals surface area (Å²) in [6.45, 7) is 2.14. The summed E-state index contributed by atoms with van der Waals surface area (Å²) in [7, 11) is -3.28. The highest BCUT2D eigenvalue weighted by Gasteiger charge is 2.21. The van der Waals surface area contributed by atoms with E-state index in [0.29, 0.717) is 32.8 Å². The van der Waals surface area contributed by atoms with E-state index < -0.39 is 20.8 Å². The van der Waals surface area contributed by atoms with Gasteiger partial charge in [-0.2, -0.15) is 0 Å². The van der Waals surface area contributed by atoms with Gasteiger partial charge in [-0.25, -0.2) is 26.9 Å². The number of rotatable bonds is 7. The fraction of sp³-hybridized carbons (Fsp3) is 0.333. The van der Waals surface area contributed by atoms with Crippen LogP contribution >= 0.6 is 23.2 Å². The van der Waals surface area contributed by atoms with E-state index >= 15 is 0 Å². The number of aromatic nitrogens is 3. The zero-order valence-corrected chi connectivity index (χ0v) is 19.7. The summed E-state index contributed by atoms with van der Waals surface area (Å²) in [5.41, 5.74) is 8.82. The van der Waals surface area contributed by atoms with Gasteiger partial charge < -0.3 is 5.73 Å². The number of benzene rings is 1. The molecule has 0 amide bonds. The quantitative estimate of drug-likeness (QED) is 0.545. The van der Waals surface area contributed by atoms with E-state index in [2.05, 4.69) is 9.97 Å². The fourth-order valence-corrected chi connectivity index (χ4v) is 5.12. The molecule has 162 valence electrons. The van der Waals surface area contributed by atoms with Crippen LogP contribution in [0.3, 0.4) is 0 Å². The first-order chi connectivity index (χ1) is 14.0. The maximum Gasteiger partial charge on any atom is 0.235 e. The van der Waals surface area contributed by atoms with Crippen LogP contribution in [0.1, 0.15) is 11.3 Å². The van der Waals surface area contributed by atoms with E-state index in [4.69, 9.17) is 28.9 Å². The summed E-state index contributed by atoms with van der Waals surface area (Å²) in [5, 5.41) is 1.18. The summed E-state index contributed by atoms with van der Waals surface area (Å²) in [6.07, 6.45) is 2.74. The maximum atomic E-state index is 12.9. The molecule has 3 aromatic rings. The summed E-state index contributed by atoms with van der Waals surface area (Å²) in [6, 6.07) is 5.14. The molecule has 1 unspecified atom stereocenters. The van der Waals surface area contributed by atoms with Gasteiger partial charge in [0.15, 0.2) is 5.03 Å². The molecule has 0 aliphatic carbocycles. The lowest BCUT2D eigenvalue weighted by atomic mass is 10.0. The molecule has 3 rings (SSSR count). The molecular weight excluding hydrogens is 469 g/mol. The smallest absolute Gasteiger partial charge is 0.235 e. The van der Waals surface area contributed by atoms with E-state index in [1.165, 1.54) is 4.31 Å². The molecule has 12 heteroatoms. The van der Waals surface area contributed by atoms with Gasteiger partial charge in [-0.15, -0.1) is 0 Å². The van der Waals surface area contributed by atoms with Gasteiger partial charge in [0.2, 0.25) is 5.78 Å². The third kappa shape index (κ3) is 4.84. The highest BCUT2D eigenvalue weighted by atomic mass is 35.5. The van der Waals surface area contributed by atoms with E-state index in [9.17, 15) is 12.6 Å². The predicted molar refractivity (Wildman–Crippen MR) is 120 cm³/mol. The van der Waals surface area contributed by atoms with E-state index in [-0.39, 0.29) is 23.9 Å².